The molecule has 0 aliphatic carbocycles. The van der Waals surface area contributed by atoms with Gasteiger partial charge in [-0.05, 0) is 0 Å². The van der Waals surface area contributed by atoms with Crippen LogP contribution in [-0.2, 0) is 0 Å². The summed E-state index contributed by atoms with van der Waals surface area (Å²) in [4.78, 5) is 0. The molecule has 0 aromatic heterocycles. The average Bonchev–Trinajstić information content (AvgIpc) is 1.35. The lowest BCUT2D eigenvalue weighted by molar-refractivity contribution is 1.29. The Labute approximate surface area is 42.0 Å². The van der Waals surface area contributed by atoms with Crippen LogP contribution < -0.4 is 0 Å². The van der Waals surface area contributed by atoms with Gasteiger partial charge in [-0.2, -0.15) is 0 Å². The molecule has 0 saturated carbocycles. The highest BCUT2D eigenvalue weighted by Crippen LogP contribution is 1.92. The van der Waals surface area contributed by atoms with Crippen LogP contribution in [0.2, 0.25) is 12.0 Å². The van der Waals surface area contributed by atoms with E-state index in [0.717, 1.165) is 5.72 Å². The summed E-state index contributed by atoms with van der Waals surface area (Å²) in [6.07, 6.45) is 1.33. The third kappa shape index (κ3) is 4.13. The van der Waals surface area contributed by atoms with Crippen LogP contribution in [0.4, 0.5) is 0 Å². The van der Waals surface area contributed by atoms with Gasteiger partial charge in [0.15, 0.2) is 0 Å². The molecule has 0 bridgehead atoms. The number of hydrogen-bond donors (Lipinski definition) is 0. The van der Waals surface area contributed by atoms with Crippen LogP contribution in [-0.4, -0.2) is 15.1 Å². The Balaban J connectivity index is 2.63. The van der Waals surface area contributed by atoms with E-state index >= 15 is 0 Å². The fourth-order valence-corrected chi connectivity index (χ4v) is 0.577. The van der Waals surface area contributed by atoms with Crippen molar-refractivity contribution in [2.75, 3.05) is 0 Å². The SMILES string of the molecule is BC(C)BCC. The molecule has 34 valence electrons. The van der Waals surface area contributed by atoms with E-state index in [2.05, 4.69) is 21.7 Å². The van der Waals surface area contributed by atoms with Crippen molar-refractivity contribution in [3.8, 4) is 0 Å². The lowest BCUT2D eigenvalue weighted by Gasteiger charge is -1.92. The van der Waals surface area contributed by atoms with Crippen molar-refractivity contribution in [2.24, 2.45) is 0 Å². The predicted octanol–water partition coefficient (Wildman–Crippen LogP) is 0.260. The van der Waals surface area contributed by atoms with Crippen LogP contribution in [0.5, 0.6) is 0 Å². The number of rotatable bonds is 2. The van der Waals surface area contributed by atoms with Gasteiger partial charge in [0.05, 0.1) is 7.85 Å². The van der Waals surface area contributed by atoms with Crippen molar-refractivity contribution in [1.82, 2.24) is 0 Å². The molecule has 0 spiro atoms. The third-order valence-electron chi connectivity index (χ3n) is 0.866. The molecular weight excluding hydrogens is 69.7 g/mol. The van der Waals surface area contributed by atoms with Crippen LogP contribution in [0, 0.1) is 0 Å². The fourth-order valence-electron chi connectivity index (χ4n) is 0.577. The minimum atomic E-state index is 0.898. The largest absolute Gasteiger partial charge is 0.115 e. The summed E-state index contributed by atoms with van der Waals surface area (Å²) in [7, 11) is 3.63. The Morgan fingerprint density at radius 2 is 2.33 bits per heavy atom. The van der Waals surface area contributed by atoms with Crippen LogP contribution in [0.25, 0.3) is 0 Å². The van der Waals surface area contributed by atoms with Gasteiger partial charge in [-0.25, -0.2) is 0 Å². The van der Waals surface area contributed by atoms with Crippen molar-refractivity contribution >= 4 is 15.1 Å². The first-order chi connectivity index (χ1) is 2.77. The molecule has 0 saturated heterocycles. The van der Waals surface area contributed by atoms with E-state index in [1.807, 2.05) is 0 Å². The highest BCUT2D eigenvalue weighted by Gasteiger charge is 1.89. The van der Waals surface area contributed by atoms with Crippen molar-refractivity contribution in [3.63, 3.8) is 0 Å². The Morgan fingerprint density at radius 1 is 1.83 bits per heavy atom. The molecule has 6 heavy (non-hydrogen) atoms. The van der Waals surface area contributed by atoms with Gasteiger partial charge >= 0.3 is 0 Å². The molecule has 0 heterocycles. The van der Waals surface area contributed by atoms with Gasteiger partial charge in [0.25, 0.3) is 0 Å². The van der Waals surface area contributed by atoms with Crippen molar-refractivity contribution in [1.29, 1.82) is 0 Å². The van der Waals surface area contributed by atoms with E-state index in [0.29, 0.717) is 0 Å². The molecule has 0 aromatic rings. The average molecular weight is 81.8 g/mol. The monoisotopic (exact) mass is 82.1 g/mol. The van der Waals surface area contributed by atoms with E-state index in [1.54, 1.807) is 0 Å². The lowest BCUT2D eigenvalue weighted by Crippen LogP contribution is -1.94. The highest BCUT2D eigenvalue weighted by atomic mass is 13.6. The van der Waals surface area contributed by atoms with Crippen LogP contribution >= 0.6 is 0 Å². The maximum absolute atomic E-state index is 2.25. The summed E-state index contributed by atoms with van der Waals surface area (Å²) >= 11 is 0. The summed E-state index contributed by atoms with van der Waals surface area (Å²) in [6.45, 7) is 4.48. The Bertz CT molecular complexity index is 26.7. The standard InChI is InChI=1S/C4H12B2/c1-3-6-4(2)5/h4,6H,3,5H2,1-2H3. The van der Waals surface area contributed by atoms with E-state index in [1.165, 1.54) is 13.6 Å². The molecule has 2 heteroatoms. The smallest absolute Gasteiger partial charge is 0.0955 e. The zero-order valence-electron chi connectivity index (χ0n) is 4.99. The normalized spacial score (nSPS) is 13.7. The molecule has 1 atom stereocenters. The molecule has 0 nitrogen and oxygen atoms in total. The molecule has 0 aromatic carbocycles. The van der Waals surface area contributed by atoms with Gasteiger partial charge in [0.2, 0.25) is 0 Å². The molecule has 0 radical (unpaired) electrons. The fraction of sp³-hybridized carbons (Fsp3) is 1.00. The van der Waals surface area contributed by atoms with Gasteiger partial charge in [-0.3, -0.25) is 0 Å². The summed E-state index contributed by atoms with van der Waals surface area (Å²) < 4.78 is 0. The zero-order valence-corrected chi connectivity index (χ0v) is 4.99. The molecule has 1 unspecified atom stereocenters. The first-order valence-electron chi connectivity index (χ1n) is 2.77. The summed E-state index contributed by atoms with van der Waals surface area (Å²) in [5, 5.41) is 0. The number of hydrogen-bond acceptors (Lipinski definition) is 0. The topological polar surface area (TPSA) is 0 Å². The molecule has 0 rings (SSSR count). The second-order valence-corrected chi connectivity index (χ2v) is 2.18. The van der Waals surface area contributed by atoms with E-state index < -0.39 is 0 Å². The summed E-state index contributed by atoms with van der Waals surface area (Å²) in [6, 6.07) is 0. The zero-order chi connectivity index (χ0) is 4.99. The summed E-state index contributed by atoms with van der Waals surface area (Å²) in [5.41, 5.74) is 0.898. The van der Waals surface area contributed by atoms with E-state index in [-0.39, 0.29) is 0 Å². The molecule has 0 amide bonds. The van der Waals surface area contributed by atoms with Crippen molar-refractivity contribution in [3.05, 3.63) is 0 Å². The molecular formula is C4H12B2. The van der Waals surface area contributed by atoms with Gasteiger partial charge in [-0.1, -0.05) is 25.9 Å². The first-order valence-corrected chi connectivity index (χ1v) is 2.77. The van der Waals surface area contributed by atoms with Crippen molar-refractivity contribution in [2.45, 2.75) is 25.9 Å². The Hall–Kier alpha value is 0.130. The quantitative estimate of drug-likeness (QED) is 0.419. The lowest BCUT2D eigenvalue weighted by atomic mass is 9.54. The molecule has 0 aliphatic heterocycles. The van der Waals surface area contributed by atoms with Gasteiger partial charge < -0.3 is 0 Å². The molecule has 0 N–H and O–H groups in total. The Morgan fingerprint density at radius 3 is 2.33 bits per heavy atom. The molecule has 0 fully saturated rings. The van der Waals surface area contributed by atoms with Crippen LogP contribution in [0.1, 0.15) is 13.8 Å². The maximum Gasteiger partial charge on any atom is 0.115 e. The van der Waals surface area contributed by atoms with Crippen LogP contribution in [0.15, 0.2) is 0 Å². The third-order valence-corrected chi connectivity index (χ3v) is 0.866. The minimum Gasteiger partial charge on any atom is -0.0955 e. The predicted molar refractivity (Wildman–Crippen MR) is 35.6 cm³/mol. The van der Waals surface area contributed by atoms with E-state index in [9.17, 15) is 0 Å². The van der Waals surface area contributed by atoms with Crippen LogP contribution in [0.3, 0.4) is 0 Å². The highest BCUT2D eigenvalue weighted by molar-refractivity contribution is 6.49. The second kappa shape index (κ2) is 3.32. The van der Waals surface area contributed by atoms with Gasteiger partial charge in [0.1, 0.15) is 7.28 Å². The van der Waals surface area contributed by atoms with Crippen molar-refractivity contribution < 1.29 is 0 Å². The first kappa shape index (κ1) is 6.13. The van der Waals surface area contributed by atoms with E-state index in [4.69, 9.17) is 0 Å². The maximum atomic E-state index is 2.25. The molecule has 0 aliphatic rings. The Kier molecular flexibility index (Phi) is 3.40. The second-order valence-electron chi connectivity index (χ2n) is 2.18. The van der Waals surface area contributed by atoms with Gasteiger partial charge in [-0.15, -0.1) is 0 Å². The minimum absolute atomic E-state index is 0.898. The summed E-state index contributed by atoms with van der Waals surface area (Å²) in [5.74, 6) is 0. The van der Waals surface area contributed by atoms with Gasteiger partial charge in [0, 0.05) is 0 Å².